The quantitative estimate of drug-likeness (QED) is 0.624. The normalized spacial score (nSPS) is 10.0. The molecule has 1 aromatic carbocycles. The van der Waals surface area contributed by atoms with Gasteiger partial charge in [0.2, 0.25) is 0 Å². The molecule has 0 bridgehead atoms. The zero-order valence-corrected chi connectivity index (χ0v) is 10.5. The summed E-state index contributed by atoms with van der Waals surface area (Å²) in [6.07, 6.45) is 1.51. The predicted molar refractivity (Wildman–Crippen MR) is 69.4 cm³/mol. The summed E-state index contributed by atoms with van der Waals surface area (Å²) >= 11 is 0. The van der Waals surface area contributed by atoms with E-state index in [-0.39, 0.29) is 5.69 Å². The molecule has 0 radical (unpaired) electrons. The zero-order valence-electron chi connectivity index (χ0n) is 10.5. The molecule has 0 aliphatic rings. The van der Waals surface area contributed by atoms with Crippen LogP contribution in [0.25, 0.3) is 11.3 Å². The lowest BCUT2D eigenvalue weighted by molar-refractivity contribution is -0.384. The van der Waals surface area contributed by atoms with Crippen LogP contribution in [-0.2, 0) is 0 Å². The summed E-state index contributed by atoms with van der Waals surface area (Å²) in [5.74, 6) is 1.06. The van der Waals surface area contributed by atoms with Crippen molar-refractivity contribution in [2.75, 3.05) is 14.2 Å². The molecule has 0 saturated heterocycles. The molecule has 0 unspecified atom stereocenters. The fourth-order valence-corrected chi connectivity index (χ4v) is 1.75. The van der Waals surface area contributed by atoms with Gasteiger partial charge in [-0.1, -0.05) is 0 Å². The molecule has 0 spiro atoms. The molecule has 0 aliphatic carbocycles. The smallest absolute Gasteiger partial charge is 0.295 e. The Kier molecular flexibility index (Phi) is 3.61. The van der Waals surface area contributed by atoms with Gasteiger partial charge < -0.3 is 9.47 Å². The number of aromatic nitrogens is 1. The van der Waals surface area contributed by atoms with E-state index in [1.807, 2.05) is 0 Å². The van der Waals surface area contributed by atoms with Gasteiger partial charge in [0.25, 0.3) is 5.69 Å². The fourth-order valence-electron chi connectivity index (χ4n) is 1.75. The maximum absolute atomic E-state index is 11.0. The Morgan fingerprint density at radius 2 is 1.89 bits per heavy atom. The summed E-state index contributed by atoms with van der Waals surface area (Å²) in [6, 6.07) is 8.00. The zero-order chi connectivity index (χ0) is 13.8. The van der Waals surface area contributed by atoms with Crippen molar-refractivity contribution >= 4 is 5.69 Å². The third-order valence-electron chi connectivity index (χ3n) is 2.64. The standard InChI is InChI=1S/C13H12N2O4/c1-18-11-6-5-9(8-12(11)19-2)13-10(15(16)17)4-3-7-14-13/h3-8H,1-2H3. The molecule has 0 N–H and O–H groups in total. The second-order valence-electron chi connectivity index (χ2n) is 3.70. The largest absolute Gasteiger partial charge is 0.493 e. The van der Waals surface area contributed by atoms with Gasteiger partial charge in [-0.25, -0.2) is 4.98 Å². The monoisotopic (exact) mass is 260 g/mol. The Hall–Kier alpha value is -2.63. The minimum atomic E-state index is -0.459. The van der Waals surface area contributed by atoms with Crippen LogP contribution in [0.1, 0.15) is 0 Å². The molecule has 6 heteroatoms. The third kappa shape index (κ3) is 2.47. The van der Waals surface area contributed by atoms with Gasteiger partial charge in [0.15, 0.2) is 11.5 Å². The van der Waals surface area contributed by atoms with Crippen molar-refractivity contribution in [2.45, 2.75) is 0 Å². The van der Waals surface area contributed by atoms with Gasteiger partial charge in [-0.05, 0) is 24.3 Å². The average molecular weight is 260 g/mol. The van der Waals surface area contributed by atoms with E-state index in [4.69, 9.17) is 9.47 Å². The van der Waals surface area contributed by atoms with E-state index in [0.717, 1.165) is 0 Å². The lowest BCUT2D eigenvalue weighted by Crippen LogP contribution is -1.95. The van der Waals surface area contributed by atoms with Gasteiger partial charge in [0.1, 0.15) is 5.69 Å². The Labute approximate surface area is 109 Å². The van der Waals surface area contributed by atoms with E-state index < -0.39 is 4.92 Å². The molecule has 0 saturated carbocycles. The first-order chi connectivity index (χ1) is 9.17. The molecular formula is C13H12N2O4. The van der Waals surface area contributed by atoms with Gasteiger partial charge in [-0.2, -0.15) is 0 Å². The molecule has 0 aliphatic heterocycles. The summed E-state index contributed by atoms with van der Waals surface area (Å²) < 4.78 is 10.3. The molecule has 19 heavy (non-hydrogen) atoms. The first kappa shape index (κ1) is 12.8. The van der Waals surface area contributed by atoms with Crippen molar-refractivity contribution in [3.8, 4) is 22.8 Å². The van der Waals surface area contributed by atoms with E-state index in [1.54, 1.807) is 18.2 Å². The number of pyridine rings is 1. The van der Waals surface area contributed by atoms with Crippen LogP contribution < -0.4 is 9.47 Å². The van der Waals surface area contributed by atoms with Crippen LogP contribution >= 0.6 is 0 Å². The highest BCUT2D eigenvalue weighted by Crippen LogP contribution is 2.34. The molecule has 1 heterocycles. The number of hydrogen-bond acceptors (Lipinski definition) is 5. The van der Waals surface area contributed by atoms with E-state index >= 15 is 0 Å². The lowest BCUT2D eigenvalue weighted by Gasteiger charge is -2.09. The fraction of sp³-hybridized carbons (Fsp3) is 0.154. The van der Waals surface area contributed by atoms with Gasteiger partial charge in [-0.3, -0.25) is 10.1 Å². The maximum atomic E-state index is 11.0. The van der Waals surface area contributed by atoms with Crippen LogP contribution in [0.4, 0.5) is 5.69 Å². The number of nitrogens with zero attached hydrogens (tertiary/aromatic N) is 2. The molecule has 2 rings (SSSR count). The second-order valence-corrected chi connectivity index (χ2v) is 3.70. The van der Waals surface area contributed by atoms with Crippen LogP contribution in [0.5, 0.6) is 11.5 Å². The molecule has 6 nitrogen and oxygen atoms in total. The Balaban J connectivity index is 2.56. The molecule has 0 fully saturated rings. The molecule has 0 atom stereocenters. The van der Waals surface area contributed by atoms with Crippen LogP contribution in [0.2, 0.25) is 0 Å². The average Bonchev–Trinajstić information content (AvgIpc) is 2.46. The highest BCUT2D eigenvalue weighted by molar-refractivity contribution is 5.71. The first-order valence-electron chi connectivity index (χ1n) is 5.49. The summed E-state index contributed by atoms with van der Waals surface area (Å²) in [6.45, 7) is 0. The molecule has 2 aromatic rings. The van der Waals surface area contributed by atoms with Gasteiger partial charge >= 0.3 is 0 Å². The third-order valence-corrected chi connectivity index (χ3v) is 2.64. The van der Waals surface area contributed by atoms with Crippen molar-refractivity contribution in [1.29, 1.82) is 0 Å². The van der Waals surface area contributed by atoms with Gasteiger partial charge in [-0.15, -0.1) is 0 Å². The second kappa shape index (κ2) is 5.34. The summed E-state index contributed by atoms with van der Waals surface area (Å²) in [4.78, 5) is 14.6. The van der Waals surface area contributed by atoms with Crippen LogP contribution in [0.15, 0.2) is 36.5 Å². The highest BCUT2D eigenvalue weighted by atomic mass is 16.6. The SMILES string of the molecule is COc1ccc(-c2ncccc2[N+](=O)[O-])cc1OC. The summed E-state index contributed by atoms with van der Waals surface area (Å²) in [5, 5.41) is 11.0. The topological polar surface area (TPSA) is 74.5 Å². The summed E-state index contributed by atoms with van der Waals surface area (Å²) in [5.41, 5.74) is 0.855. The number of ether oxygens (including phenoxy) is 2. The number of rotatable bonds is 4. The number of hydrogen-bond donors (Lipinski definition) is 0. The Morgan fingerprint density at radius 3 is 2.53 bits per heavy atom. The van der Waals surface area contributed by atoms with Crippen LogP contribution in [-0.4, -0.2) is 24.1 Å². The predicted octanol–water partition coefficient (Wildman–Crippen LogP) is 2.67. The number of methoxy groups -OCH3 is 2. The minimum Gasteiger partial charge on any atom is -0.493 e. The number of benzene rings is 1. The van der Waals surface area contributed by atoms with E-state index in [0.29, 0.717) is 22.8 Å². The molecule has 98 valence electrons. The Morgan fingerprint density at radius 1 is 1.16 bits per heavy atom. The Bertz CT molecular complexity index is 613. The maximum Gasteiger partial charge on any atom is 0.295 e. The number of nitro groups is 1. The molecule has 0 amide bonds. The van der Waals surface area contributed by atoms with Crippen molar-refractivity contribution in [1.82, 2.24) is 4.98 Å². The van der Waals surface area contributed by atoms with Gasteiger partial charge in [0.05, 0.1) is 19.1 Å². The van der Waals surface area contributed by atoms with Crippen LogP contribution in [0, 0.1) is 10.1 Å². The minimum absolute atomic E-state index is 0.0466. The molecular weight excluding hydrogens is 248 g/mol. The van der Waals surface area contributed by atoms with Crippen molar-refractivity contribution < 1.29 is 14.4 Å². The van der Waals surface area contributed by atoms with Crippen LogP contribution in [0.3, 0.4) is 0 Å². The first-order valence-corrected chi connectivity index (χ1v) is 5.49. The summed E-state index contributed by atoms with van der Waals surface area (Å²) in [7, 11) is 3.04. The van der Waals surface area contributed by atoms with E-state index in [1.165, 1.54) is 32.5 Å². The lowest BCUT2D eigenvalue weighted by atomic mass is 10.1. The molecule has 1 aromatic heterocycles. The van der Waals surface area contributed by atoms with Crippen molar-refractivity contribution in [2.24, 2.45) is 0 Å². The van der Waals surface area contributed by atoms with E-state index in [9.17, 15) is 10.1 Å². The highest BCUT2D eigenvalue weighted by Gasteiger charge is 2.17. The van der Waals surface area contributed by atoms with Crippen molar-refractivity contribution in [3.05, 3.63) is 46.6 Å². The van der Waals surface area contributed by atoms with Gasteiger partial charge in [0, 0.05) is 17.8 Å². The van der Waals surface area contributed by atoms with E-state index in [2.05, 4.69) is 4.98 Å². The van der Waals surface area contributed by atoms with Crippen molar-refractivity contribution in [3.63, 3.8) is 0 Å².